The minimum atomic E-state index is 0.771. The molecule has 0 aliphatic heterocycles. The Hall–Kier alpha value is -0.820. The zero-order valence-corrected chi connectivity index (χ0v) is 7.33. The van der Waals surface area contributed by atoms with E-state index in [4.69, 9.17) is 4.74 Å². The van der Waals surface area contributed by atoms with Gasteiger partial charge in [0.1, 0.15) is 0 Å². The summed E-state index contributed by atoms with van der Waals surface area (Å²) in [6.45, 7) is 5.28. The molecule has 0 aliphatic carbocycles. The summed E-state index contributed by atoms with van der Waals surface area (Å²) >= 11 is 0. The average molecular weight is 163 g/mol. The van der Waals surface area contributed by atoms with Crippen LogP contribution >= 0.6 is 0 Å². The Balaban J connectivity index is 2.16. The Morgan fingerprint density at radius 3 is 2.50 bits per heavy atom. The largest absolute Gasteiger partial charge is 0.381 e. The second-order valence-electron chi connectivity index (χ2n) is 2.70. The van der Waals surface area contributed by atoms with Gasteiger partial charge in [-0.05, 0) is 18.4 Å². The molecule has 0 aliphatic rings. The summed E-state index contributed by atoms with van der Waals surface area (Å²) in [4.78, 5) is 0. The highest BCUT2D eigenvalue weighted by Gasteiger charge is 1.90. The molecule has 1 nitrogen and oxygen atoms in total. The third-order valence-electron chi connectivity index (χ3n) is 1.67. The van der Waals surface area contributed by atoms with Crippen molar-refractivity contribution in [2.24, 2.45) is 0 Å². The van der Waals surface area contributed by atoms with Gasteiger partial charge in [-0.15, -0.1) is 0 Å². The fourth-order valence-corrected chi connectivity index (χ4v) is 1.04. The van der Waals surface area contributed by atoms with Crippen molar-refractivity contribution < 1.29 is 4.74 Å². The summed E-state index contributed by atoms with van der Waals surface area (Å²) in [5.41, 5.74) is 1.33. The summed E-state index contributed by atoms with van der Waals surface area (Å²) in [5.74, 6) is 0. The van der Waals surface area contributed by atoms with Crippen LogP contribution in [0, 0.1) is 6.92 Å². The fourth-order valence-electron chi connectivity index (χ4n) is 1.04. The first-order valence-electron chi connectivity index (χ1n) is 4.34. The molecule has 0 spiro atoms. The van der Waals surface area contributed by atoms with E-state index in [9.17, 15) is 0 Å². The van der Waals surface area contributed by atoms with Gasteiger partial charge >= 0.3 is 0 Å². The van der Waals surface area contributed by atoms with Gasteiger partial charge in [0.25, 0.3) is 0 Å². The molecule has 0 bridgehead atoms. The predicted molar refractivity (Wildman–Crippen MR) is 50.9 cm³/mol. The van der Waals surface area contributed by atoms with Crippen molar-refractivity contribution in [3.63, 3.8) is 0 Å². The van der Waals surface area contributed by atoms with E-state index in [2.05, 4.69) is 31.2 Å². The molecule has 0 amide bonds. The normalized spacial score (nSPS) is 10.1. The van der Waals surface area contributed by atoms with E-state index in [0.717, 1.165) is 26.1 Å². The SMILES string of the molecule is [CH2]CCOCCc1ccccc1. The molecule has 0 saturated carbocycles. The molecule has 12 heavy (non-hydrogen) atoms. The van der Waals surface area contributed by atoms with E-state index in [-0.39, 0.29) is 0 Å². The van der Waals surface area contributed by atoms with Crippen LogP contribution < -0.4 is 0 Å². The van der Waals surface area contributed by atoms with Gasteiger partial charge in [-0.3, -0.25) is 0 Å². The average Bonchev–Trinajstić information content (AvgIpc) is 2.14. The maximum Gasteiger partial charge on any atom is 0.0506 e. The van der Waals surface area contributed by atoms with Gasteiger partial charge in [-0.2, -0.15) is 0 Å². The molecule has 0 fully saturated rings. The van der Waals surface area contributed by atoms with Crippen LogP contribution in [0.3, 0.4) is 0 Å². The Kier molecular flexibility index (Phi) is 4.47. The molecule has 1 aromatic rings. The lowest BCUT2D eigenvalue weighted by Gasteiger charge is -2.01. The molecule has 65 valence electrons. The van der Waals surface area contributed by atoms with E-state index in [1.807, 2.05) is 6.07 Å². The minimum absolute atomic E-state index is 0.771. The van der Waals surface area contributed by atoms with Crippen LogP contribution in [0.2, 0.25) is 0 Å². The molecule has 1 aromatic carbocycles. The number of hydrogen-bond donors (Lipinski definition) is 0. The lowest BCUT2D eigenvalue weighted by atomic mass is 10.2. The Labute approximate surface area is 74.4 Å². The van der Waals surface area contributed by atoms with Gasteiger partial charge in [0.05, 0.1) is 6.61 Å². The molecular weight excluding hydrogens is 148 g/mol. The first-order chi connectivity index (χ1) is 5.93. The second-order valence-corrected chi connectivity index (χ2v) is 2.70. The highest BCUT2D eigenvalue weighted by atomic mass is 16.5. The van der Waals surface area contributed by atoms with Gasteiger partial charge in [-0.25, -0.2) is 0 Å². The van der Waals surface area contributed by atoms with Crippen LogP contribution in [0.25, 0.3) is 0 Å². The van der Waals surface area contributed by atoms with Gasteiger partial charge in [0.2, 0.25) is 0 Å². The van der Waals surface area contributed by atoms with Gasteiger partial charge in [-0.1, -0.05) is 37.3 Å². The molecule has 1 radical (unpaired) electrons. The van der Waals surface area contributed by atoms with Crippen molar-refractivity contribution >= 4 is 0 Å². The van der Waals surface area contributed by atoms with Crippen molar-refractivity contribution in [1.29, 1.82) is 0 Å². The highest BCUT2D eigenvalue weighted by molar-refractivity contribution is 5.14. The highest BCUT2D eigenvalue weighted by Crippen LogP contribution is 1.99. The van der Waals surface area contributed by atoms with E-state index in [0.29, 0.717) is 0 Å². The van der Waals surface area contributed by atoms with Crippen molar-refractivity contribution in [2.75, 3.05) is 13.2 Å². The molecule has 0 aromatic heterocycles. The first-order valence-corrected chi connectivity index (χ1v) is 4.34. The van der Waals surface area contributed by atoms with E-state index in [1.54, 1.807) is 0 Å². The molecule has 0 saturated heterocycles. The number of rotatable bonds is 5. The Morgan fingerprint density at radius 1 is 1.08 bits per heavy atom. The number of hydrogen-bond acceptors (Lipinski definition) is 1. The summed E-state index contributed by atoms with van der Waals surface area (Å²) in [6, 6.07) is 10.4. The topological polar surface area (TPSA) is 9.23 Å². The summed E-state index contributed by atoms with van der Waals surface area (Å²) in [5, 5.41) is 0. The van der Waals surface area contributed by atoms with E-state index >= 15 is 0 Å². The summed E-state index contributed by atoms with van der Waals surface area (Å²) < 4.78 is 5.32. The molecule has 1 heteroatoms. The smallest absolute Gasteiger partial charge is 0.0506 e. The third kappa shape index (κ3) is 3.54. The third-order valence-corrected chi connectivity index (χ3v) is 1.67. The predicted octanol–water partition coefficient (Wildman–Crippen LogP) is 2.47. The fraction of sp³-hybridized carbons (Fsp3) is 0.364. The van der Waals surface area contributed by atoms with E-state index in [1.165, 1.54) is 5.56 Å². The van der Waals surface area contributed by atoms with Crippen LogP contribution in [0.5, 0.6) is 0 Å². The Bertz CT molecular complexity index is 193. The molecule has 0 N–H and O–H groups in total. The van der Waals surface area contributed by atoms with E-state index < -0.39 is 0 Å². The van der Waals surface area contributed by atoms with Crippen LogP contribution in [0.1, 0.15) is 12.0 Å². The maximum atomic E-state index is 5.32. The molecular formula is C11H15O. The molecule has 0 unspecified atom stereocenters. The second kappa shape index (κ2) is 5.78. The van der Waals surface area contributed by atoms with Gasteiger partial charge < -0.3 is 4.74 Å². The van der Waals surface area contributed by atoms with Crippen LogP contribution in [0.4, 0.5) is 0 Å². The van der Waals surface area contributed by atoms with Gasteiger partial charge in [0.15, 0.2) is 0 Å². The van der Waals surface area contributed by atoms with Crippen molar-refractivity contribution in [1.82, 2.24) is 0 Å². The van der Waals surface area contributed by atoms with Crippen LogP contribution in [-0.4, -0.2) is 13.2 Å². The maximum absolute atomic E-state index is 5.32. The standard InChI is InChI=1S/C11H15O/c1-2-9-12-10-8-11-6-4-3-5-7-11/h3-7H,1-2,8-10H2. The zero-order chi connectivity index (χ0) is 8.65. The molecule has 0 atom stereocenters. The zero-order valence-electron chi connectivity index (χ0n) is 7.33. The summed E-state index contributed by atoms with van der Waals surface area (Å²) in [6.07, 6.45) is 1.86. The van der Waals surface area contributed by atoms with Crippen LogP contribution in [0.15, 0.2) is 30.3 Å². The minimum Gasteiger partial charge on any atom is -0.381 e. The van der Waals surface area contributed by atoms with Crippen molar-refractivity contribution in [3.8, 4) is 0 Å². The van der Waals surface area contributed by atoms with Gasteiger partial charge in [0, 0.05) is 6.61 Å². The van der Waals surface area contributed by atoms with Crippen molar-refractivity contribution in [3.05, 3.63) is 42.8 Å². The van der Waals surface area contributed by atoms with Crippen molar-refractivity contribution in [2.45, 2.75) is 12.8 Å². The number of ether oxygens (including phenoxy) is 1. The monoisotopic (exact) mass is 163 g/mol. The molecule has 0 heterocycles. The Morgan fingerprint density at radius 2 is 1.83 bits per heavy atom. The first kappa shape index (κ1) is 9.27. The molecule has 1 rings (SSSR count). The van der Waals surface area contributed by atoms with Crippen LogP contribution in [-0.2, 0) is 11.2 Å². The lowest BCUT2D eigenvalue weighted by molar-refractivity contribution is 0.141. The number of benzene rings is 1. The quantitative estimate of drug-likeness (QED) is 0.606. The lowest BCUT2D eigenvalue weighted by Crippen LogP contribution is -1.98. The summed E-state index contributed by atoms with van der Waals surface area (Å²) in [7, 11) is 0.